The van der Waals surface area contributed by atoms with Crippen LogP contribution in [-0.4, -0.2) is 25.2 Å². The lowest BCUT2D eigenvalue weighted by Gasteiger charge is -2.38. The van der Waals surface area contributed by atoms with Crippen molar-refractivity contribution < 1.29 is 17.9 Å². The minimum atomic E-state index is -3.81. The van der Waals surface area contributed by atoms with Crippen LogP contribution in [0.25, 0.3) is 0 Å². The second-order valence-corrected chi connectivity index (χ2v) is 7.46. The van der Waals surface area contributed by atoms with Gasteiger partial charge in [-0.15, -0.1) is 0 Å². The normalized spacial score (nSPS) is 15.5. The second-order valence-electron chi connectivity index (χ2n) is 5.75. The molecule has 2 N–H and O–H groups in total. The number of hydrogen-bond donors (Lipinski definition) is 2. The summed E-state index contributed by atoms with van der Waals surface area (Å²) in [6.07, 6.45) is 1.63. The van der Waals surface area contributed by atoms with E-state index < -0.39 is 27.5 Å². The van der Waals surface area contributed by atoms with Crippen LogP contribution in [-0.2, 0) is 10.0 Å². The lowest BCUT2D eigenvalue weighted by atomic mass is 9.81. The number of benzene rings is 1. The summed E-state index contributed by atoms with van der Waals surface area (Å²) in [4.78, 5) is -0.00300. The maximum absolute atomic E-state index is 13.0. The molecule has 0 aliphatic carbocycles. The van der Waals surface area contributed by atoms with Gasteiger partial charge in [0.25, 0.3) is 0 Å². The Bertz CT molecular complexity index is 568. The maximum atomic E-state index is 13.0. The predicted octanol–water partition coefficient (Wildman–Crippen LogP) is 3.07. The summed E-state index contributed by atoms with van der Waals surface area (Å²) in [5, 5.41) is 10.8. The summed E-state index contributed by atoms with van der Waals surface area (Å²) in [6.45, 7) is 7.54. The van der Waals surface area contributed by atoms with Crippen LogP contribution < -0.4 is 4.72 Å². The Morgan fingerprint density at radius 2 is 1.68 bits per heavy atom. The summed E-state index contributed by atoms with van der Waals surface area (Å²) in [5.74, 6) is -0.517. The molecule has 0 unspecified atom stereocenters. The Kier molecular flexibility index (Phi) is 6.52. The van der Waals surface area contributed by atoms with Crippen LogP contribution in [0.5, 0.6) is 0 Å². The molecule has 0 saturated heterocycles. The topological polar surface area (TPSA) is 66.4 Å². The first-order valence-corrected chi connectivity index (χ1v) is 9.18. The fourth-order valence-corrected chi connectivity index (χ4v) is 3.95. The van der Waals surface area contributed by atoms with Gasteiger partial charge in [-0.1, -0.05) is 34.1 Å². The number of nitrogens with one attached hydrogen (secondary N) is 1. The van der Waals surface area contributed by atoms with Crippen LogP contribution in [0.4, 0.5) is 4.39 Å². The summed E-state index contributed by atoms with van der Waals surface area (Å²) in [6, 6.07) is 4.07. The fourth-order valence-electron chi connectivity index (χ4n) is 2.53. The lowest BCUT2D eigenvalue weighted by Crippen LogP contribution is -2.55. The number of sulfonamides is 1. The van der Waals surface area contributed by atoms with Gasteiger partial charge >= 0.3 is 0 Å². The van der Waals surface area contributed by atoms with Gasteiger partial charge in [-0.2, -0.15) is 0 Å². The molecule has 1 aromatic rings. The summed E-state index contributed by atoms with van der Waals surface area (Å²) in [7, 11) is -3.81. The number of rotatable bonds is 8. The third-order valence-electron chi connectivity index (χ3n) is 4.42. The average Bonchev–Trinajstić information content (AvgIpc) is 2.51. The van der Waals surface area contributed by atoms with Crippen molar-refractivity contribution in [3.63, 3.8) is 0 Å². The quantitative estimate of drug-likeness (QED) is 0.769. The third kappa shape index (κ3) is 4.27. The zero-order chi connectivity index (χ0) is 17.0. The van der Waals surface area contributed by atoms with E-state index in [4.69, 9.17) is 0 Å². The number of hydrogen-bond acceptors (Lipinski definition) is 3. The van der Waals surface area contributed by atoms with Crippen LogP contribution in [0.15, 0.2) is 29.2 Å². The van der Waals surface area contributed by atoms with E-state index in [0.29, 0.717) is 12.8 Å². The molecule has 0 radical (unpaired) electrons. The minimum absolute atomic E-state index is 0.00300. The summed E-state index contributed by atoms with van der Waals surface area (Å²) >= 11 is 0. The SMILES string of the molecule is CC[C@H](C)[C@H](NS(=O)(=O)c1ccc(F)cc1)C(O)(CC)CC. The average molecular weight is 331 g/mol. The van der Waals surface area contributed by atoms with Gasteiger partial charge in [-0.05, 0) is 43.0 Å². The van der Waals surface area contributed by atoms with Crippen LogP contribution in [0.3, 0.4) is 0 Å². The van der Waals surface area contributed by atoms with E-state index in [1.807, 2.05) is 27.7 Å². The molecule has 0 aromatic heterocycles. The molecule has 1 aromatic carbocycles. The van der Waals surface area contributed by atoms with Gasteiger partial charge in [0.15, 0.2) is 0 Å². The van der Waals surface area contributed by atoms with Crippen LogP contribution in [0.2, 0.25) is 0 Å². The molecular formula is C16H26FNO3S. The van der Waals surface area contributed by atoms with Crippen molar-refractivity contribution in [1.82, 2.24) is 4.72 Å². The van der Waals surface area contributed by atoms with Crippen LogP contribution >= 0.6 is 0 Å². The van der Waals surface area contributed by atoms with Gasteiger partial charge in [-0.25, -0.2) is 17.5 Å². The maximum Gasteiger partial charge on any atom is 0.240 e. The number of aliphatic hydroxyl groups is 1. The molecule has 126 valence electrons. The first-order chi connectivity index (χ1) is 10.2. The Labute approximate surface area is 132 Å². The monoisotopic (exact) mass is 331 g/mol. The molecule has 2 atom stereocenters. The highest BCUT2D eigenvalue weighted by atomic mass is 32.2. The van der Waals surface area contributed by atoms with E-state index in [2.05, 4.69) is 4.72 Å². The van der Waals surface area contributed by atoms with Gasteiger partial charge in [0.05, 0.1) is 16.5 Å². The Morgan fingerprint density at radius 1 is 1.18 bits per heavy atom. The van der Waals surface area contributed by atoms with Gasteiger partial charge in [0, 0.05) is 0 Å². The van der Waals surface area contributed by atoms with Crippen molar-refractivity contribution >= 4 is 10.0 Å². The molecule has 1 rings (SSSR count). The van der Waals surface area contributed by atoms with Crippen molar-refractivity contribution in [2.45, 2.75) is 63.5 Å². The lowest BCUT2D eigenvalue weighted by molar-refractivity contribution is -0.0161. The van der Waals surface area contributed by atoms with Crippen LogP contribution in [0, 0.1) is 11.7 Å². The largest absolute Gasteiger partial charge is 0.388 e. The van der Waals surface area contributed by atoms with Gasteiger partial charge in [-0.3, -0.25) is 0 Å². The van der Waals surface area contributed by atoms with E-state index in [-0.39, 0.29) is 10.8 Å². The summed E-state index contributed by atoms with van der Waals surface area (Å²) < 4.78 is 40.6. The molecule has 0 bridgehead atoms. The molecule has 0 aliphatic heterocycles. The highest BCUT2D eigenvalue weighted by molar-refractivity contribution is 7.89. The molecule has 22 heavy (non-hydrogen) atoms. The molecule has 0 fully saturated rings. The molecule has 4 nitrogen and oxygen atoms in total. The van der Waals surface area contributed by atoms with Crippen molar-refractivity contribution in [3.8, 4) is 0 Å². The Hall–Kier alpha value is -0.980. The first kappa shape index (κ1) is 19.1. The van der Waals surface area contributed by atoms with Gasteiger partial charge < -0.3 is 5.11 Å². The van der Waals surface area contributed by atoms with E-state index in [9.17, 15) is 17.9 Å². The molecular weight excluding hydrogens is 305 g/mol. The fraction of sp³-hybridized carbons (Fsp3) is 0.625. The highest BCUT2D eigenvalue weighted by Gasteiger charge is 2.39. The van der Waals surface area contributed by atoms with Gasteiger partial charge in [0.2, 0.25) is 10.0 Å². The van der Waals surface area contributed by atoms with E-state index in [1.165, 1.54) is 12.1 Å². The minimum Gasteiger partial charge on any atom is -0.388 e. The molecule has 0 aliphatic rings. The Morgan fingerprint density at radius 3 is 2.09 bits per heavy atom. The van der Waals surface area contributed by atoms with Crippen molar-refractivity contribution in [1.29, 1.82) is 0 Å². The van der Waals surface area contributed by atoms with E-state index in [0.717, 1.165) is 18.6 Å². The van der Waals surface area contributed by atoms with E-state index in [1.54, 1.807) is 0 Å². The second kappa shape index (κ2) is 7.53. The molecule has 0 spiro atoms. The molecule has 0 heterocycles. The Balaban J connectivity index is 3.15. The van der Waals surface area contributed by atoms with Crippen LogP contribution in [0.1, 0.15) is 47.0 Å². The zero-order valence-electron chi connectivity index (χ0n) is 13.6. The smallest absolute Gasteiger partial charge is 0.240 e. The summed E-state index contributed by atoms with van der Waals surface area (Å²) in [5.41, 5.74) is -1.11. The predicted molar refractivity (Wildman–Crippen MR) is 85.5 cm³/mol. The number of halogens is 1. The highest BCUT2D eigenvalue weighted by Crippen LogP contribution is 2.28. The zero-order valence-corrected chi connectivity index (χ0v) is 14.5. The van der Waals surface area contributed by atoms with Crippen molar-refractivity contribution in [2.24, 2.45) is 5.92 Å². The molecule has 0 saturated carbocycles. The van der Waals surface area contributed by atoms with Crippen molar-refractivity contribution in [3.05, 3.63) is 30.1 Å². The van der Waals surface area contributed by atoms with E-state index >= 15 is 0 Å². The standard InChI is InChI=1S/C16H26FNO3S/c1-5-12(4)15(16(19,6-2)7-3)18-22(20,21)14-10-8-13(17)9-11-14/h8-12,15,18-19H,5-7H2,1-4H3/t12-,15-/m0/s1. The molecule has 6 heteroatoms. The molecule has 0 amide bonds. The van der Waals surface area contributed by atoms with Gasteiger partial charge in [0.1, 0.15) is 5.82 Å². The van der Waals surface area contributed by atoms with Crippen molar-refractivity contribution in [2.75, 3.05) is 0 Å². The third-order valence-corrected chi connectivity index (χ3v) is 5.88. The first-order valence-electron chi connectivity index (χ1n) is 7.70.